The van der Waals surface area contributed by atoms with Crippen molar-refractivity contribution in [3.63, 3.8) is 0 Å². The van der Waals surface area contributed by atoms with Crippen molar-refractivity contribution in [2.45, 2.75) is 31.8 Å². The predicted octanol–water partition coefficient (Wildman–Crippen LogP) is 3.58. The summed E-state index contributed by atoms with van der Waals surface area (Å²) in [5, 5.41) is 0. The van der Waals surface area contributed by atoms with Gasteiger partial charge in [-0.25, -0.2) is 5.48 Å². The summed E-state index contributed by atoms with van der Waals surface area (Å²) in [5.74, 6) is 0.348. The highest BCUT2D eigenvalue weighted by Crippen LogP contribution is 2.28. The average molecular weight is 393 g/mol. The van der Waals surface area contributed by atoms with Crippen molar-refractivity contribution in [2.24, 2.45) is 0 Å². The summed E-state index contributed by atoms with van der Waals surface area (Å²) in [6.45, 7) is -0.0625. The number of hydrogen-bond donors (Lipinski definition) is 1. The zero-order chi connectivity index (χ0) is 13.7. The SMILES string of the molecule is O=C(COc1ccc(Br)cc1Br)NOC1CCCC1. The zero-order valence-electron chi connectivity index (χ0n) is 10.3. The van der Waals surface area contributed by atoms with E-state index in [1.165, 1.54) is 12.8 Å². The van der Waals surface area contributed by atoms with Gasteiger partial charge in [0.15, 0.2) is 6.61 Å². The minimum absolute atomic E-state index is 0.0625. The Labute approximate surface area is 129 Å². The Kier molecular flexibility index (Phi) is 5.66. The second kappa shape index (κ2) is 7.26. The van der Waals surface area contributed by atoms with Gasteiger partial charge < -0.3 is 4.74 Å². The van der Waals surface area contributed by atoms with E-state index < -0.39 is 0 Å². The lowest BCUT2D eigenvalue weighted by Gasteiger charge is -2.12. The quantitative estimate of drug-likeness (QED) is 0.779. The maximum absolute atomic E-state index is 11.6. The van der Waals surface area contributed by atoms with Crippen LogP contribution in [0.5, 0.6) is 5.75 Å². The lowest BCUT2D eigenvalue weighted by molar-refractivity contribution is -0.140. The topological polar surface area (TPSA) is 47.6 Å². The average Bonchev–Trinajstić information content (AvgIpc) is 2.88. The monoisotopic (exact) mass is 391 g/mol. The fourth-order valence-corrected chi connectivity index (χ4v) is 3.08. The molecule has 4 nitrogen and oxygen atoms in total. The molecule has 0 radical (unpaired) electrons. The molecule has 2 rings (SSSR count). The van der Waals surface area contributed by atoms with Gasteiger partial charge in [-0.05, 0) is 47.0 Å². The van der Waals surface area contributed by atoms with Crippen LogP contribution in [0.25, 0.3) is 0 Å². The molecule has 104 valence electrons. The van der Waals surface area contributed by atoms with E-state index in [4.69, 9.17) is 9.57 Å². The van der Waals surface area contributed by atoms with E-state index in [0.717, 1.165) is 21.8 Å². The van der Waals surface area contributed by atoms with Gasteiger partial charge in [0.1, 0.15) is 5.75 Å². The molecule has 0 unspecified atom stereocenters. The molecule has 1 amide bonds. The summed E-state index contributed by atoms with van der Waals surface area (Å²) in [4.78, 5) is 16.9. The minimum atomic E-state index is -0.276. The van der Waals surface area contributed by atoms with Crippen LogP contribution in [-0.2, 0) is 9.63 Å². The predicted molar refractivity (Wildman–Crippen MR) is 78.8 cm³/mol. The van der Waals surface area contributed by atoms with Crippen LogP contribution in [0.4, 0.5) is 0 Å². The zero-order valence-corrected chi connectivity index (χ0v) is 13.5. The Morgan fingerprint density at radius 2 is 2.05 bits per heavy atom. The summed E-state index contributed by atoms with van der Waals surface area (Å²) in [6, 6.07) is 5.51. The van der Waals surface area contributed by atoms with Gasteiger partial charge in [0.05, 0.1) is 10.6 Å². The summed E-state index contributed by atoms with van der Waals surface area (Å²) in [6.07, 6.45) is 4.52. The fraction of sp³-hybridized carbons (Fsp3) is 0.462. The number of rotatable bonds is 5. The standard InChI is InChI=1S/C13H15Br2NO3/c14-9-5-6-12(11(15)7-9)18-8-13(17)16-19-10-3-1-2-4-10/h5-7,10H,1-4,8H2,(H,16,17). The Morgan fingerprint density at radius 3 is 2.74 bits per heavy atom. The second-order valence-electron chi connectivity index (χ2n) is 4.41. The highest BCUT2D eigenvalue weighted by atomic mass is 79.9. The van der Waals surface area contributed by atoms with E-state index in [-0.39, 0.29) is 18.6 Å². The summed E-state index contributed by atoms with van der Waals surface area (Å²) in [7, 11) is 0. The van der Waals surface area contributed by atoms with Gasteiger partial charge in [-0.2, -0.15) is 0 Å². The van der Waals surface area contributed by atoms with E-state index in [2.05, 4.69) is 37.3 Å². The molecule has 0 spiro atoms. The van der Waals surface area contributed by atoms with Crippen LogP contribution in [0.1, 0.15) is 25.7 Å². The van der Waals surface area contributed by atoms with Crippen molar-refractivity contribution in [1.82, 2.24) is 5.48 Å². The highest BCUT2D eigenvalue weighted by molar-refractivity contribution is 9.11. The maximum atomic E-state index is 11.6. The first-order chi connectivity index (χ1) is 9.15. The number of carbonyl (C=O) groups excluding carboxylic acids is 1. The third kappa shape index (κ3) is 4.78. The largest absolute Gasteiger partial charge is 0.483 e. The smallest absolute Gasteiger partial charge is 0.281 e. The molecule has 0 saturated heterocycles. The van der Waals surface area contributed by atoms with Crippen molar-refractivity contribution >= 4 is 37.8 Å². The molecule has 1 aromatic rings. The number of benzene rings is 1. The number of halogens is 2. The number of carbonyl (C=O) groups is 1. The number of amides is 1. The van der Waals surface area contributed by atoms with Crippen LogP contribution < -0.4 is 10.2 Å². The molecule has 1 aliphatic carbocycles. The molecule has 6 heteroatoms. The van der Waals surface area contributed by atoms with E-state index >= 15 is 0 Å². The number of hydroxylamine groups is 1. The molecule has 1 aromatic carbocycles. The van der Waals surface area contributed by atoms with Crippen molar-refractivity contribution in [3.8, 4) is 5.75 Å². The van der Waals surface area contributed by atoms with Crippen molar-refractivity contribution < 1.29 is 14.4 Å². The lowest BCUT2D eigenvalue weighted by Crippen LogP contribution is -2.32. The van der Waals surface area contributed by atoms with Gasteiger partial charge >= 0.3 is 0 Å². The fourth-order valence-electron chi connectivity index (χ4n) is 1.92. The maximum Gasteiger partial charge on any atom is 0.281 e. The van der Waals surface area contributed by atoms with Crippen LogP contribution in [-0.4, -0.2) is 18.6 Å². The summed E-state index contributed by atoms with van der Waals surface area (Å²) >= 11 is 6.73. The van der Waals surface area contributed by atoms with Crippen molar-refractivity contribution in [1.29, 1.82) is 0 Å². The first-order valence-electron chi connectivity index (χ1n) is 6.17. The Balaban J connectivity index is 1.73. The molecule has 1 fully saturated rings. The molecule has 0 atom stereocenters. The molecular formula is C13H15Br2NO3. The van der Waals surface area contributed by atoms with Crippen molar-refractivity contribution in [3.05, 3.63) is 27.1 Å². The Hall–Kier alpha value is -0.590. The summed E-state index contributed by atoms with van der Waals surface area (Å²) in [5.41, 5.74) is 2.44. The minimum Gasteiger partial charge on any atom is -0.483 e. The number of ether oxygens (including phenoxy) is 1. The molecular weight excluding hydrogens is 378 g/mol. The third-order valence-corrected chi connectivity index (χ3v) is 4.01. The van der Waals surface area contributed by atoms with Crippen LogP contribution >= 0.6 is 31.9 Å². The Bertz CT molecular complexity index is 448. The molecule has 0 heterocycles. The van der Waals surface area contributed by atoms with Crippen LogP contribution in [0.3, 0.4) is 0 Å². The van der Waals surface area contributed by atoms with E-state index in [9.17, 15) is 4.79 Å². The lowest BCUT2D eigenvalue weighted by atomic mass is 10.3. The second-order valence-corrected chi connectivity index (χ2v) is 6.18. The van der Waals surface area contributed by atoms with E-state index in [1.807, 2.05) is 12.1 Å². The molecule has 0 aliphatic heterocycles. The number of nitrogens with one attached hydrogen (secondary N) is 1. The van der Waals surface area contributed by atoms with Crippen molar-refractivity contribution in [2.75, 3.05) is 6.61 Å². The Morgan fingerprint density at radius 1 is 1.32 bits per heavy atom. The van der Waals surface area contributed by atoms with Gasteiger partial charge in [0.2, 0.25) is 0 Å². The molecule has 19 heavy (non-hydrogen) atoms. The van der Waals surface area contributed by atoms with E-state index in [1.54, 1.807) is 6.07 Å². The van der Waals surface area contributed by atoms with Crippen LogP contribution in [0, 0.1) is 0 Å². The van der Waals surface area contributed by atoms with Crippen LogP contribution in [0.2, 0.25) is 0 Å². The third-order valence-electron chi connectivity index (χ3n) is 2.89. The molecule has 1 saturated carbocycles. The van der Waals surface area contributed by atoms with Gasteiger partial charge in [-0.15, -0.1) is 0 Å². The van der Waals surface area contributed by atoms with Gasteiger partial charge in [-0.3, -0.25) is 9.63 Å². The van der Waals surface area contributed by atoms with Gasteiger partial charge in [0, 0.05) is 4.47 Å². The first kappa shape index (κ1) is 14.8. The highest BCUT2D eigenvalue weighted by Gasteiger charge is 2.17. The van der Waals surface area contributed by atoms with Gasteiger partial charge in [0.25, 0.3) is 5.91 Å². The molecule has 0 aromatic heterocycles. The summed E-state index contributed by atoms with van der Waals surface area (Å²) < 4.78 is 7.15. The normalized spacial score (nSPS) is 15.5. The first-order valence-corrected chi connectivity index (χ1v) is 7.76. The van der Waals surface area contributed by atoms with Crippen LogP contribution in [0.15, 0.2) is 27.1 Å². The number of hydrogen-bond acceptors (Lipinski definition) is 3. The van der Waals surface area contributed by atoms with Gasteiger partial charge in [-0.1, -0.05) is 28.8 Å². The molecule has 1 N–H and O–H groups in total. The molecule has 0 bridgehead atoms. The molecule has 1 aliphatic rings. The van der Waals surface area contributed by atoms with E-state index in [0.29, 0.717) is 5.75 Å².